The van der Waals surface area contributed by atoms with Crippen LogP contribution in [0, 0.1) is 6.92 Å². The van der Waals surface area contributed by atoms with Crippen molar-refractivity contribution in [3.05, 3.63) is 70.3 Å². The Balaban J connectivity index is 2.07. The molecule has 6 heteroatoms. The summed E-state index contributed by atoms with van der Waals surface area (Å²) in [6, 6.07) is 12.8. The number of aliphatic hydroxyl groups is 1. The van der Waals surface area contributed by atoms with Gasteiger partial charge in [0.25, 0.3) is 11.7 Å². The van der Waals surface area contributed by atoms with Gasteiger partial charge in [0.1, 0.15) is 11.5 Å². The normalized spacial score (nSPS) is 17.6. The van der Waals surface area contributed by atoms with Crippen LogP contribution in [0.3, 0.4) is 0 Å². The van der Waals surface area contributed by atoms with Crippen LogP contribution >= 0.6 is 0 Å². The maximum atomic E-state index is 13.3. The van der Waals surface area contributed by atoms with Gasteiger partial charge in [-0.15, -0.1) is 0 Å². The molecule has 0 saturated carbocycles. The lowest BCUT2D eigenvalue weighted by molar-refractivity contribution is -0.139. The highest BCUT2D eigenvalue weighted by Gasteiger charge is 2.45. The number of carbonyl (C=O) groups is 2. The van der Waals surface area contributed by atoms with Crippen LogP contribution < -0.4 is 4.74 Å². The third-order valence-electron chi connectivity index (χ3n) is 6.39. The second-order valence-electron chi connectivity index (χ2n) is 9.80. The van der Waals surface area contributed by atoms with E-state index in [-0.39, 0.29) is 11.3 Å². The number of hydrogen-bond acceptors (Lipinski definition) is 5. The zero-order chi connectivity index (χ0) is 25.7. The molecule has 188 valence electrons. The van der Waals surface area contributed by atoms with E-state index in [2.05, 4.69) is 18.7 Å². The van der Waals surface area contributed by atoms with Gasteiger partial charge >= 0.3 is 0 Å². The summed E-state index contributed by atoms with van der Waals surface area (Å²) in [6.45, 7) is 9.98. The first-order valence-corrected chi connectivity index (χ1v) is 12.4. The summed E-state index contributed by atoms with van der Waals surface area (Å²) >= 11 is 0. The van der Waals surface area contributed by atoms with Crippen LogP contribution in [-0.4, -0.2) is 60.4 Å². The fraction of sp³-hybridized carbons (Fsp3) is 0.448. The van der Waals surface area contributed by atoms with Gasteiger partial charge in [0.2, 0.25) is 0 Å². The van der Waals surface area contributed by atoms with Gasteiger partial charge in [-0.2, -0.15) is 0 Å². The lowest BCUT2D eigenvalue weighted by atomic mass is 9.92. The third-order valence-corrected chi connectivity index (χ3v) is 6.39. The Bertz CT molecular complexity index is 1090. The molecule has 1 aliphatic rings. The summed E-state index contributed by atoms with van der Waals surface area (Å²) in [7, 11) is 3.96. The second kappa shape index (κ2) is 11.5. The van der Waals surface area contributed by atoms with E-state index in [0.29, 0.717) is 30.4 Å². The molecule has 1 heterocycles. The molecule has 0 radical (unpaired) electrons. The van der Waals surface area contributed by atoms with Crippen LogP contribution in [0.2, 0.25) is 0 Å². The Labute approximate surface area is 209 Å². The highest BCUT2D eigenvalue weighted by Crippen LogP contribution is 2.40. The first-order chi connectivity index (χ1) is 16.6. The molecule has 6 nitrogen and oxygen atoms in total. The number of aliphatic hydroxyl groups excluding tert-OH is 1. The first-order valence-electron chi connectivity index (χ1n) is 12.4. The minimum Gasteiger partial charge on any atom is -0.507 e. The van der Waals surface area contributed by atoms with Crippen LogP contribution in [0.5, 0.6) is 5.75 Å². The standard InChI is InChI=1S/C29H38N2O4/c1-7-17-35-23-13-14-24(20(4)18-23)27(32)25-26(22-11-9-21(10-12-22)19(2)3)31(29(34)28(25)33)16-8-15-30(5)6/h9-14,18-19,26,32H,7-8,15-17H2,1-6H3/t26-/m1/s1. The predicted octanol–water partition coefficient (Wildman–Crippen LogP) is 5.28. The molecular formula is C29H38N2O4. The summed E-state index contributed by atoms with van der Waals surface area (Å²) in [5.74, 6) is -0.270. The van der Waals surface area contributed by atoms with Gasteiger partial charge < -0.3 is 19.6 Å². The first kappa shape index (κ1) is 26.5. The molecule has 3 rings (SSSR count). The van der Waals surface area contributed by atoms with Gasteiger partial charge in [0.15, 0.2) is 0 Å². The van der Waals surface area contributed by atoms with Crippen LogP contribution in [0.4, 0.5) is 0 Å². The number of aryl methyl sites for hydroxylation is 1. The number of ether oxygens (including phenoxy) is 1. The predicted molar refractivity (Wildman–Crippen MR) is 140 cm³/mol. The van der Waals surface area contributed by atoms with Crippen molar-refractivity contribution >= 4 is 17.4 Å². The molecule has 1 fully saturated rings. The maximum Gasteiger partial charge on any atom is 0.295 e. The Morgan fingerprint density at radius 3 is 2.37 bits per heavy atom. The molecule has 0 aromatic heterocycles. The fourth-order valence-corrected chi connectivity index (χ4v) is 4.43. The lowest BCUT2D eigenvalue weighted by Crippen LogP contribution is -2.32. The zero-order valence-corrected chi connectivity index (χ0v) is 21.8. The van der Waals surface area contributed by atoms with Gasteiger partial charge in [-0.3, -0.25) is 9.59 Å². The summed E-state index contributed by atoms with van der Waals surface area (Å²) < 4.78 is 5.70. The molecule has 2 aromatic carbocycles. The molecular weight excluding hydrogens is 440 g/mol. The second-order valence-corrected chi connectivity index (χ2v) is 9.80. The molecule has 2 aromatic rings. The van der Waals surface area contributed by atoms with Crippen molar-refractivity contribution in [2.24, 2.45) is 0 Å². The van der Waals surface area contributed by atoms with Gasteiger partial charge in [0, 0.05) is 12.1 Å². The number of amides is 1. The quantitative estimate of drug-likeness (QED) is 0.286. The van der Waals surface area contributed by atoms with E-state index >= 15 is 0 Å². The van der Waals surface area contributed by atoms with Crippen molar-refractivity contribution in [1.29, 1.82) is 0 Å². The number of likely N-dealkylation sites (tertiary alicyclic amines) is 1. The molecule has 1 aliphatic heterocycles. The number of ketones is 1. The van der Waals surface area contributed by atoms with E-state index in [4.69, 9.17) is 4.74 Å². The monoisotopic (exact) mass is 478 g/mol. The number of rotatable bonds is 10. The third kappa shape index (κ3) is 5.93. The van der Waals surface area contributed by atoms with Crippen LogP contribution in [0.25, 0.3) is 5.76 Å². The summed E-state index contributed by atoms with van der Waals surface area (Å²) in [6.07, 6.45) is 1.62. The number of benzene rings is 2. The molecule has 35 heavy (non-hydrogen) atoms. The largest absolute Gasteiger partial charge is 0.507 e. The fourth-order valence-electron chi connectivity index (χ4n) is 4.43. The minimum atomic E-state index is -0.643. The van der Waals surface area contributed by atoms with Crippen LogP contribution in [0.1, 0.15) is 67.8 Å². The van der Waals surface area contributed by atoms with Crippen molar-refractivity contribution < 1.29 is 19.4 Å². The number of Topliss-reactive ketones (excluding diaryl/α,β-unsaturated/α-hetero) is 1. The number of carbonyl (C=O) groups excluding carboxylic acids is 2. The van der Waals surface area contributed by atoms with Crippen LogP contribution in [0.15, 0.2) is 48.0 Å². The Morgan fingerprint density at radius 1 is 1.11 bits per heavy atom. The summed E-state index contributed by atoms with van der Waals surface area (Å²) in [5.41, 5.74) is 3.45. The van der Waals surface area contributed by atoms with Crippen molar-refractivity contribution in [3.63, 3.8) is 0 Å². The molecule has 1 amide bonds. The molecule has 0 bridgehead atoms. The topological polar surface area (TPSA) is 70.1 Å². The molecule has 0 spiro atoms. The Morgan fingerprint density at radius 2 is 1.80 bits per heavy atom. The van der Waals surface area contributed by atoms with E-state index in [9.17, 15) is 14.7 Å². The van der Waals surface area contributed by atoms with Crippen LogP contribution in [-0.2, 0) is 9.59 Å². The molecule has 1 atom stereocenters. The van der Waals surface area contributed by atoms with Crippen molar-refractivity contribution in [1.82, 2.24) is 9.80 Å². The van der Waals surface area contributed by atoms with Gasteiger partial charge in [0.05, 0.1) is 18.2 Å². The number of hydrogen-bond donors (Lipinski definition) is 1. The van der Waals surface area contributed by atoms with E-state index in [0.717, 1.165) is 30.5 Å². The van der Waals surface area contributed by atoms with Gasteiger partial charge in [-0.05, 0) is 81.2 Å². The highest BCUT2D eigenvalue weighted by atomic mass is 16.5. The minimum absolute atomic E-state index is 0.141. The zero-order valence-electron chi connectivity index (χ0n) is 21.8. The number of nitrogens with zero attached hydrogens (tertiary/aromatic N) is 2. The maximum absolute atomic E-state index is 13.3. The van der Waals surface area contributed by atoms with Crippen molar-refractivity contribution in [3.8, 4) is 5.75 Å². The van der Waals surface area contributed by atoms with E-state index in [1.807, 2.05) is 58.3 Å². The van der Waals surface area contributed by atoms with Gasteiger partial charge in [-0.25, -0.2) is 0 Å². The van der Waals surface area contributed by atoms with Crippen molar-refractivity contribution in [2.45, 2.75) is 52.5 Å². The van der Waals surface area contributed by atoms with E-state index in [1.54, 1.807) is 17.0 Å². The molecule has 1 saturated heterocycles. The SMILES string of the molecule is CCCOc1ccc(C(O)=C2C(=O)C(=O)N(CCCN(C)C)[C@@H]2c2ccc(C(C)C)cc2)c(C)c1. The smallest absolute Gasteiger partial charge is 0.295 e. The summed E-state index contributed by atoms with van der Waals surface area (Å²) in [5, 5.41) is 11.4. The average Bonchev–Trinajstić information content (AvgIpc) is 3.07. The van der Waals surface area contributed by atoms with Crippen molar-refractivity contribution in [2.75, 3.05) is 33.8 Å². The molecule has 1 N–H and O–H groups in total. The van der Waals surface area contributed by atoms with E-state index < -0.39 is 17.7 Å². The lowest BCUT2D eigenvalue weighted by Gasteiger charge is -2.26. The highest BCUT2D eigenvalue weighted by molar-refractivity contribution is 6.46. The Kier molecular flexibility index (Phi) is 8.73. The summed E-state index contributed by atoms with van der Waals surface area (Å²) in [4.78, 5) is 30.1. The Hall–Kier alpha value is -3.12. The van der Waals surface area contributed by atoms with E-state index in [1.165, 1.54) is 5.56 Å². The van der Waals surface area contributed by atoms with Gasteiger partial charge in [-0.1, -0.05) is 45.0 Å². The average molecular weight is 479 g/mol. The molecule has 0 unspecified atom stereocenters. The molecule has 0 aliphatic carbocycles.